The molecule has 1 saturated heterocycles. The molecule has 0 bridgehead atoms. The van der Waals surface area contributed by atoms with Gasteiger partial charge in [0.1, 0.15) is 5.78 Å². The van der Waals surface area contributed by atoms with Crippen molar-refractivity contribution in [1.29, 1.82) is 0 Å². The maximum atomic E-state index is 11.6. The number of hydrogen-bond acceptors (Lipinski definition) is 4. The predicted octanol–water partition coefficient (Wildman–Crippen LogP) is 4.37. The number of carbonyl (C=O) groups excluding carboxylic acids is 1. The van der Waals surface area contributed by atoms with Crippen molar-refractivity contribution in [3.63, 3.8) is 0 Å². The fraction of sp³-hybridized carbons (Fsp3) is 0.955. The SMILES string of the molecule is CC(C)C(=O)CCCCCCCN1CCN(CCCOC(C)(C)C)CC1. The average Bonchev–Trinajstić information content (AvgIpc) is 2.58. The number of Topliss-reactive ketones (excluding diaryl/α,β-unsaturated/α-hetero) is 1. The summed E-state index contributed by atoms with van der Waals surface area (Å²) in [6.45, 7) is 18.5. The lowest BCUT2D eigenvalue weighted by Gasteiger charge is -2.34. The molecule has 154 valence electrons. The van der Waals surface area contributed by atoms with E-state index in [1.165, 1.54) is 65.0 Å². The van der Waals surface area contributed by atoms with Crippen LogP contribution in [0.3, 0.4) is 0 Å². The summed E-state index contributed by atoms with van der Waals surface area (Å²) >= 11 is 0. The molecule has 0 aromatic carbocycles. The first-order valence-corrected chi connectivity index (χ1v) is 10.9. The number of ether oxygens (including phenoxy) is 1. The van der Waals surface area contributed by atoms with Crippen LogP contribution in [0.25, 0.3) is 0 Å². The fourth-order valence-electron chi connectivity index (χ4n) is 3.36. The number of unbranched alkanes of at least 4 members (excludes halogenated alkanes) is 4. The molecule has 0 radical (unpaired) electrons. The molecule has 1 heterocycles. The highest BCUT2D eigenvalue weighted by molar-refractivity contribution is 5.80. The summed E-state index contributed by atoms with van der Waals surface area (Å²) in [4.78, 5) is 16.8. The molecule has 0 aromatic rings. The summed E-state index contributed by atoms with van der Waals surface area (Å²) in [5.41, 5.74) is -0.0113. The molecule has 1 aliphatic rings. The highest BCUT2D eigenvalue weighted by atomic mass is 16.5. The lowest BCUT2D eigenvalue weighted by atomic mass is 10.0. The third-order valence-electron chi connectivity index (χ3n) is 5.16. The van der Waals surface area contributed by atoms with Gasteiger partial charge in [-0.1, -0.05) is 33.1 Å². The number of rotatable bonds is 13. The Labute approximate surface area is 162 Å². The normalized spacial score (nSPS) is 17.2. The summed E-state index contributed by atoms with van der Waals surface area (Å²) in [5.74, 6) is 0.632. The van der Waals surface area contributed by atoms with Crippen molar-refractivity contribution >= 4 is 5.78 Å². The van der Waals surface area contributed by atoms with Crippen LogP contribution in [0.5, 0.6) is 0 Å². The van der Waals surface area contributed by atoms with E-state index >= 15 is 0 Å². The Kier molecular flexibility index (Phi) is 11.7. The van der Waals surface area contributed by atoms with Crippen molar-refractivity contribution in [3.8, 4) is 0 Å². The molecule has 0 unspecified atom stereocenters. The van der Waals surface area contributed by atoms with Crippen molar-refractivity contribution in [1.82, 2.24) is 9.80 Å². The zero-order valence-corrected chi connectivity index (χ0v) is 18.2. The van der Waals surface area contributed by atoms with E-state index in [2.05, 4.69) is 30.6 Å². The van der Waals surface area contributed by atoms with Gasteiger partial charge in [0.15, 0.2) is 0 Å². The molecular weight excluding hydrogens is 324 g/mol. The van der Waals surface area contributed by atoms with E-state index in [1.54, 1.807) is 0 Å². The summed E-state index contributed by atoms with van der Waals surface area (Å²) in [6, 6.07) is 0. The summed E-state index contributed by atoms with van der Waals surface area (Å²) in [5, 5.41) is 0. The van der Waals surface area contributed by atoms with E-state index in [0.29, 0.717) is 5.78 Å². The summed E-state index contributed by atoms with van der Waals surface area (Å²) in [7, 11) is 0. The van der Waals surface area contributed by atoms with Crippen LogP contribution in [-0.2, 0) is 9.53 Å². The van der Waals surface area contributed by atoms with E-state index in [9.17, 15) is 4.79 Å². The molecule has 26 heavy (non-hydrogen) atoms. The Morgan fingerprint density at radius 2 is 1.35 bits per heavy atom. The van der Waals surface area contributed by atoms with E-state index < -0.39 is 0 Å². The molecule has 0 saturated carbocycles. The van der Waals surface area contributed by atoms with Crippen molar-refractivity contribution in [2.24, 2.45) is 5.92 Å². The minimum Gasteiger partial charge on any atom is -0.376 e. The van der Waals surface area contributed by atoms with E-state index in [-0.39, 0.29) is 11.5 Å². The van der Waals surface area contributed by atoms with Gasteiger partial charge in [-0.2, -0.15) is 0 Å². The Morgan fingerprint density at radius 1 is 0.846 bits per heavy atom. The van der Waals surface area contributed by atoms with Crippen molar-refractivity contribution in [2.45, 2.75) is 85.2 Å². The lowest BCUT2D eigenvalue weighted by molar-refractivity contribution is -0.122. The maximum Gasteiger partial charge on any atom is 0.135 e. The first kappa shape index (κ1) is 23.6. The van der Waals surface area contributed by atoms with Gasteiger partial charge in [-0.3, -0.25) is 4.79 Å². The van der Waals surface area contributed by atoms with Gasteiger partial charge < -0.3 is 14.5 Å². The molecule has 0 aromatic heterocycles. The van der Waals surface area contributed by atoms with Gasteiger partial charge >= 0.3 is 0 Å². The number of hydrogen-bond donors (Lipinski definition) is 0. The zero-order chi connectivity index (χ0) is 19.4. The van der Waals surface area contributed by atoms with Crippen molar-refractivity contribution in [2.75, 3.05) is 45.9 Å². The smallest absolute Gasteiger partial charge is 0.135 e. The fourth-order valence-corrected chi connectivity index (χ4v) is 3.36. The van der Waals surface area contributed by atoms with Crippen LogP contribution in [0.2, 0.25) is 0 Å². The molecule has 1 fully saturated rings. The average molecular weight is 369 g/mol. The third-order valence-corrected chi connectivity index (χ3v) is 5.16. The molecule has 1 aliphatic heterocycles. The first-order chi connectivity index (χ1) is 12.3. The Bertz CT molecular complexity index is 369. The summed E-state index contributed by atoms with van der Waals surface area (Å²) < 4.78 is 5.80. The van der Waals surface area contributed by atoms with Crippen LogP contribution in [0.1, 0.15) is 79.6 Å². The van der Waals surface area contributed by atoms with Crippen LogP contribution in [0, 0.1) is 5.92 Å². The molecule has 0 atom stereocenters. The maximum absolute atomic E-state index is 11.6. The minimum atomic E-state index is -0.0113. The molecule has 0 amide bonds. The van der Waals surface area contributed by atoms with Crippen LogP contribution < -0.4 is 0 Å². The Morgan fingerprint density at radius 3 is 1.88 bits per heavy atom. The molecule has 0 spiro atoms. The number of nitrogens with zero attached hydrogens (tertiary/aromatic N) is 2. The molecule has 0 aliphatic carbocycles. The van der Waals surface area contributed by atoms with Gasteiger partial charge in [-0.15, -0.1) is 0 Å². The van der Waals surface area contributed by atoms with Crippen LogP contribution >= 0.6 is 0 Å². The van der Waals surface area contributed by atoms with Gasteiger partial charge in [0, 0.05) is 51.7 Å². The highest BCUT2D eigenvalue weighted by Crippen LogP contribution is 2.11. The van der Waals surface area contributed by atoms with Crippen LogP contribution in [-0.4, -0.2) is 67.1 Å². The number of carbonyl (C=O) groups is 1. The molecule has 4 heteroatoms. The Hall–Kier alpha value is -0.450. The van der Waals surface area contributed by atoms with Crippen molar-refractivity contribution < 1.29 is 9.53 Å². The highest BCUT2D eigenvalue weighted by Gasteiger charge is 2.16. The van der Waals surface area contributed by atoms with Gasteiger partial charge in [0.2, 0.25) is 0 Å². The van der Waals surface area contributed by atoms with Gasteiger partial charge in [0.05, 0.1) is 5.60 Å². The monoisotopic (exact) mass is 368 g/mol. The summed E-state index contributed by atoms with van der Waals surface area (Å²) in [6.07, 6.45) is 8.09. The number of piperazine rings is 1. The second-order valence-corrected chi connectivity index (χ2v) is 9.14. The second kappa shape index (κ2) is 12.9. The van der Waals surface area contributed by atoms with E-state index in [4.69, 9.17) is 4.74 Å². The standard InChI is InChI=1S/C22H44N2O2/c1-20(2)21(25)12-9-7-6-8-10-13-23-15-17-24(18-16-23)14-11-19-26-22(3,4)5/h20H,6-19H2,1-5H3. The topological polar surface area (TPSA) is 32.8 Å². The van der Waals surface area contributed by atoms with E-state index in [0.717, 1.165) is 25.9 Å². The second-order valence-electron chi connectivity index (χ2n) is 9.14. The predicted molar refractivity (Wildman–Crippen MR) is 111 cm³/mol. The van der Waals surface area contributed by atoms with Gasteiger partial charge in [-0.25, -0.2) is 0 Å². The molecule has 0 N–H and O–H groups in total. The zero-order valence-electron chi connectivity index (χ0n) is 18.2. The molecule has 1 rings (SSSR count). The number of ketones is 1. The lowest BCUT2D eigenvalue weighted by Crippen LogP contribution is -2.46. The molecular formula is C22H44N2O2. The Balaban J connectivity index is 1.93. The van der Waals surface area contributed by atoms with E-state index in [1.807, 2.05) is 13.8 Å². The van der Waals surface area contributed by atoms with Crippen LogP contribution in [0.15, 0.2) is 0 Å². The third kappa shape index (κ3) is 12.0. The first-order valence-electron chi connectivity index (χ1n) is 10.9. The quantitative estimate of drug-likeness (QED) is 0.452. The van der Waals surface area contributed by atoms with Crippen LogP contribution in [0.4, 0.5) is 0 Å². The minimum absolute atomic E-state index is 0.0113. The van der Waals surface area contributed by atoms with Gasteiger partial charge in [0.25, 0.3) is 0 Å². The van der Waals surface area contributed by atoms with Crippen molar-refractivity contribution in [3.05, 3.63) is 0 Å². The molecule has 4 nitrogen and oxygen atoms in total. The van der Waals surface area contributed by atoms with Gasteiger partial charge in [-0.05, 0) is 46.6 Å². The largest absolute Gasteiger partial charge is 0.376 e.